The molecule has 0 saturated heterocycles. The fraction of sp³-hybridized carbons (Fsp3) is 0.167. The number of amides is 1. The standard InChI is InChI=1S/C24H21FN4O4/c1-4-26-23(30)16-7-5-6-15(22(16)32-3)21-18-9-11-20(28-29(18)13-27-24(21)31)33-19-10-8-14(2)12-17(19)25/h5-13H,4H2,1-3H3,(H,26,30). The largest absolute Gasteiger partial charge is 0.495 e. The Hall–Kier alpha value is -4.27. The molecule has 0 unspecified atom stereocenters. The van der Waals surface area contributed by atoms with E-state index >= 15 is 0 Å². The summed E-state index contributed by atoms with van der Waals surface area (Å²) in [5.41, 5.74) is 1.57. The Kier molecular flexibility index (Phi) is 6.03. The van der Waals surface area contributed by atoms with Crippen LogP contribution < -0.4 is 20.3 Å². The van der Waals surface area contributed by atoms with Crippen LogP contribution in [0, 0.1) is 12.7 Å². The van der Waals surface area contributed by atoms with Gasteiger partial charge in [0.1, 0.15) is 12.1 Å². The molecule has 0 atom stereocenters. The summed E-state index contributed by atoms with van der Waals surface area (Å²) in [6.07, 6.45) is 1.25. The maximum Gasteiger partial charge on any atom is 0.281 e. The van der Waals surface area contributed by atoms with Crippen molar-refractivity contribution in [2.24, 2.45) is 0 Å². The van der Waals surface area contributed by atoms with Crippen molar-refractivity contribution < 1.29 is 18.7 Å². The first-order chi connectivity index (χ1) is 15.9. The third-order valence-corrected chi connectivity index (χ3v) is 4.96. The highest BCUT2D eigenvalue weighted by Gasteiger charge is 2.21. The minimum atomic E-state index is -0.513. The maximum absolute atomic E-state index is 14.2. The molecule has 0 fully saturated rings. The zero-order chi connectivity index (χ0) is 23.5. The highest BCUT2D eigenvalue weighted by Crippen LogP contribution is 2.34. The Morgan fingerprint density at radius 1 is 1.18 bits per heavy atom. The number of nitrogens with one attached hydrogen (secondary N) is 1. The van der Waals surface area contributed by atoms with Crippen molar-refractivity contribution in [2.75, 3.05) is 13.7 Å². The van der Waals surface area contributed by atoms with Gasteiger partial charge in [-0.05, 0) is 43.7 Å². The molecule has 0 bridgehead atoms. The zero-order valence-corrected chi connectivity index (χ0v) is 18.3. The van der Waals surface area contributed by atoms with Gasteiger partial charge in [0.25, 0.3) is 11.5 Å². The van der Waals surface area contributed by atoms with E-state index in [2.05, 4.69) is 15.4 Å². The fourth-order valence-corrected chi connectivity index (χ4v) is 3.48. The molecule has 9 heteroatoms. The number of fused-ring (bicyclic) bond motifs is 1. The number of hydrogen-bond donors (Lipinski definition) is 1. The molecule has 8 nitrogen and oxygen atoms in total. The van der Waals surface area contributed by atoms with E-state index in [0.717, 1.165) is 5.56 Å². The van der Waals surface area contributed by atoms with Gasteiger partial charge in [0.15, 0.2) is 11.6 Å². The van der Waals surface area contributed by atoms with Crippen molar-refractivity contribution >= 4 is 11.4 Å². The highest BCUT2D eigenvalue weighted by molar-refractivity contribution is 6.00. The number of hydrogen-bond acceptors (Lipinski definition) is 6. The van der Waals surface area contributed by atoms with E-state index in [9.17, 15) is 14.0 Å². The molecule has 0 aliphatic carbocycles. The molecule has 0 aliphatic heterocycles. The molecule has 2 heterocycles. The molecule has 0 saturated carbocycles. The summed E-state index contributed by atoms with van der Waals surface area (Å²) in [6.45, 7) is 4.03. The predicted molar refractivity (Wildman–Crippen MR) is 120 cm³/mol. The quantitative estimate of drug-likeness (QED) is 0.483. The second-order valence-corrected chi connectivity index (χ2v) is 7.21. The maximum atomic E-state index is 14.2. The lowest BCUT2D eigenvalue weighted by Crippen LogP contribution is -2.23. The Morgan fingerprint density at radius 3 is 2.73 bits per heavy atom. The van der Waals surface area contributed by atoms with Crippen molar-refractivity contribution in [3.63, 3.8) is 0 Å². The summed E-state index contributed by atoms with van der Waals surface area (Å²) in [7, 11) is 1.43. The molecule has 33 heavy (non-hydrogen) atoms. The lowest BCUT2D eigenvalue weighted by molar-refractivity contribution is 0.0953. The number of aromatic nitrogens is 3. The van der Waals surface area contributed by atoms with E-state index in [-0.39, 0.29) is 28.8 Å². The smallest absolute Gasteiger partial charge is 0.281 e. The molecule has 168 valence electrons. The van der Waals surface area contributed by atoms with Crippen LogP contribution in [0.25, 0.3) is 16.6 Å². The topological polar surface area (TPSA) is 94.8 Å². The Bertz CT molecular complexity index is 1420. The Morgan fingerprint density at radius 2 is 2.00 bits per heavy atom. The molecule has 0 spiro atoms. The van der Waals surface area contributed by atoms with E-state index in [1.54, 1.807) is 37.3 Å². The molecule has 4 aromatic rings. The van der Waals surface area contributed by atoms with Gasteiger partial charge in [-0.3, -0.25) is 9.59 Å². The van der Waals surface area contributed by atoms with Crippen LogP contribution in [0.1, 0.15) is 22.8 Å². The molecule has 0 aliphatic rings. The van der Waals surface area contributed by atoms with Gasteiger partial charge >= 0.3 is 0 Å². The zero-order valence-electron chi connectivity index (χ0n) is 18.3. The molecule has 2 aromatic heterocycles. The minimum absolute atomic E-state index is 0.0259. The number of carbonyl (C=O) groups excluding carboxylic acids is 1. The van der Waals surface area contributed by atoms with Crippen LogP contribution in [-0.4, -0.2) is 34.2 Å². The first-order valence-electron chi connectivity index (χ1n) is 10.2. The normalized spacial score (nSPS) is 10.8. The Labute approximate surface area is 188 Å². The van der Waals surface area contributed by atoms with Crippen LogP contribution in [0.5, 0.6) is 17.4 Å². The van der Waals surface area contributed by atoms with Crippen LogP contribution in [0.4, 0.5) is 4.39 Å². The summed E-state index contributed by atoms with van der Waals surface area (Å²) >= 11 is 0. The van der Waals surface area contributed by atoms with E-state index in [1.165, 1.54) is 36.2 Å². The van der Waals surface area contributed by atoms with Crippen molar-refractivity contribution in [3.8, 4) is 28.5 Å². The van der Waals surface area contributed by atoms with E-state index in [1.807, 2.05) is 6.92 Å². The van der Waals surface area contributed by atoms with Crippen LogP contribution >= 0.6 is 0 Å². The van der Waals surface area contributed by atoms with Crippen LogP contribution in [0.15, 0.2) is 59.7 Å². The Balaban J connectivity index is 1.83. The number of halogens is 1. The van der Waals surface area contributed by atoms with Gasteiger partial charge in [0.2, 0.25) is 5.88 Å². The average Bonchev–Trinajstić information content (AvgIpc) is 2.80. The first-order valence-corrected chi connectivity index (χ1v) is 10.2. The number of rotatable bonds is 6. The van der Waals surface area contributed by atoms with Gasteiger partial charge in [-0.2, -0.15) is 4.98 Å². The fourth-order valence-electron chi connectivity index (χ4n) is 3.48. The number of para-hydroxylation sites is 1. The summed E-state index contributed by atoms with van der Waals surface area (Å²) in [4.78, 5) is 29.2. The highest BCUT2D eigenvalue weighted by atomic mass is 19.1. The molecular formula is C24H21FN4O4. The SMILES string of the molecule is CCNC(=O)c1cccc(-c2c(=O)ncn3nc(Oc4ccc(C)cc4F)ccc23)c1OC. The third-order valence-electron chi connectivity index (χ3n) is 4.96. The number of ether oxygens (including phenoxy) is 2. The van der Waals surface area contributed by atoms with Gasteiger partial charge in [0, 0.05) is 18.2 Å². The summed E-state index contributed by atoms with van der Waals surface area (Å²) < 4.78 is 26.6. The summed E-state index contributed by atoms with van der Waals surface area (Å²) in [6, 6.07) is 12.7. The molecule has 4 rings (SSSR count). The van der Waals surface area contributed by atoms with Crippen molar-refractivity contribution in [1.82, 2.24) is 19.9 Å². The van der Waals surface area contributed by atoms with Gasteiger partial charge in [-0.1, -0.05) is 18.2 Å². The van der Waals surface area contributed by atoms with Crippen LogP contribution in [0.2, 0.25) is 0 Å². The molecule has 1 N–H and O–H groups in total. The van der Waals surface area contributed by atoms with E-state index in [4.69, 9.17) is 9.47 Å². The summed E-state index contributed by atoms with van der Waals surface area (Å²) in [5, 5.41) is 7.04. The van der Waals surface area contributed by atoms with Crippen LogP contribution in [-0.2, 0) is 0 Å². The number of aryl methyl sites for hydroxylation is 1. The van der Waals surface area contributed by atoms with E-state index in [0.29, 0.717) is 23.2 Å². The van der Waals surface area contributed by atoms with Gasteiger partial charge in [0.05, 0.1) is 23.8 Å². The lowest BCUT2D eigenvalue weighted by Gasteiger charge is -2.14. The second kappa shape index (κ2) is 9.07. The number of nitrogens with zero attached hydrogens (tertiary/aromatic N) is 3. The van der Waals surface area contributed by atoms with Crippen LogP contribution in [0.3, 0.4) is 0 Å². The third kappa shape index (κ3) is 4.25. The first kappa shape index (κ1) is 21.9. The van der Waals surface area contributed by atoms with E-state index < -0.39 is 11.4 Å². The number of carbonyl (C=O) groups is 1. The second-order valence-electron chi connectivity index (χ2n) is 7.21. The van der Waals surface area contributed by atoms with Crippen molar-refractivity contribution in [1.29, 1.82) is 0 Å². The molecule has 2 aromatic carbocycles. The predicted octanol–water partition coefficient (Wildman–Crippen LogP) is 3.75. The summed E-state index contributed by atoms with van der Waals surface area (Å²) in [5.74, 6) is -0.443. The average molecular weight is 448 g/mol. The minimum Gasteiger partial charge on any atom is -0.495 e. The van der Waals surface area contributed by atoms with Gasteiger partial charge in [-0.25, -0.2) is 8.91 Å². The lowest BCUT2D eigenvalue weighted by atomic mass is 10.0. The molecule has 0 radical (unpaired) electrons. The monoisotopic (exact) mass is 448 g/mol. The number of benzene rings is 2. The van der Waals surface area contributed by atoms with Crippen molar-refractivity contribution in [2.45, 2.75) is 13.8 Å². The number of methoxy groups -OCH3 is 1. The van der Waals surface area contributed by atoms with Crippen molar-refractivity contribution in [3.05, 3.63) is 82.2 Å². The van der Waals surface area contributed by atoms with Gasteiger partial charge < -0.3 is 14.8 Å². The van der Waals surface area contributed by atoms with Gasteiger partial charge in [-0.15, -0.1) is 5.10 Å². The molecular weight excluding hydrogens is 427 g/mol. The molecule has 1 amide bonds.